The molecule has 0 radical (unpaired) electrons. The molecule has 1 nitrogen and oxygen atoms in total. The third-order valence-electron chi connectivity index (χ3n) is 2.64. The van der Waals surface area contributed by atoms with Crippen molar-refractivity contribution < 1.29 is 9.18 Å². The van der Waals surface area contributed by atoms with Gasteiger partial charge in [-0.3, -0.25) is 4.79 Å². The molecule has 0 aliphatic heterocycles. The fraction of sp³-hybridized carbons (Fsp3) is 0.133. The number of hydrogen-bond donors (Lipinski definition) is 0. The fourth-order valence-electron chi connectivity index (χ4n) is 1.63. The largest absolute Gasteiger partial charge is 0.293 e. The summed E-state index contributed by atoms with van der Waals surface area (Å²) in [5, 5.41) is 0.240. The van der Waals surface area contributed by atoms with Gasteiger partial charge in [0.25, 0.3) is 0 Å². The van der Waals surface area contributed by atoms with E-state index in [0.29, 0.717) is 15.5 Å². The number of carbonyl (C=O) groups excluding carboxylic acids is 1. The molecule has 19 heavy (non-hydrogen) atoms. The van der Waals surface area contributed by atoms with Crippen LogP contribution < -0.4 is 0 Å². The second-order valence-corrected chi connectivity index (χ2v) is 5.88. The van der Waals surface area contributed by atoms with E-state index in [0.717, 1.165) is 0 Å². The average Bonchev–Trinajstić information content (AvgIpc) is 2.41. The number of carbonyl (C=O) groups is 1. The lowest BCUT2D eigenvalue weighted by Crippen LogP contribution is -2.13. The minimum atomic E-state index is -0.349. The highest BCUT2D eigenvalue weighted by Gasteiger charge is 2.17. The summed E-state index contributed by atoms with van der Waals surface area (Å²) in [6.45, 7) is 1.77. The Bertz CT molecular complexity index is 583. The maximum Gasteiger partial charge on any atom is 0.175 e. The number of benzene rings is 2. The summed E-state index contributed by atoms with van der Waals surface area (Å²) in [5.41, 5.74) is 0.584. The first kappa shape index (κ1) is 14.1. The molecule has 2 aromatic rings. The molecule has 0 N–H and O–H groups in total. The van der Waals surface area contributed by atoms with Crippen molar-refractivity contribution in [2.75, 3.05) is 0 Å². The van der Waals surface area contributed by atoms with Gasteiger partial charge in [-0.25, -0.2) is 4.39 Å². The van der Waals surface area contributed by atoms with Crippen LogP contribution in [-0.2, 0) is 0 Å². The maximum atomic E-state index is 13.5. The highest BCUT2D eigenvalue weighted by atomic mass is 35.5. The predicted octanol–water partition coefficient (Wildman–Crippen LogP) is 4.84. The van der Waals surface area contributed by atoms with Crippen LogP contribution in [0.4, 0.5) is 4.39 Å². The van der Waals surface area contributed by atoms with Crippen molar-refractivity contribution in [3.05, 3.63) is 64.9 Å². The molecule has 4 heteroatoms. The smallest absolute Gasteiger partial charge is 0.175 e. The Hall–Kier alpha value is -1.32. The zero-order chi connectivity index (χ0) is 13.8. The summed E-state index contributed by atoms with van der Waals surface area (Å²) < 4.78 is 13.5. The van der Waals surface area contributed by atoms with Gasteiger partial charge in [0.2, 0.25) is 0 Å². The highest BCUT2D eigenvalue weighted by Crippen LogP contribution is 2.28. The molecular weight excluding hydrogens is 283 g/mol. The van der Waals surface area contributed by atoms with Crippen molar-refractivity contribution in [2.45, 2.75) is 17.1 Å². The summed E-state index contributed by atoms with van der Waals surface area (Å²) in [6.07, 6.45) is 0. The van der Waals surface area contributed by atoms with Crippen LogP contribution in [-0.4, -0.2) is 11.0 Å². The molecular formula is C15H12ClFOS. The molecule has 0 spiro atoms. The third kappa shape index (κ3) is 3.58. The SMILES string of the molecule is C[C@H](Sc1ccccc1F)C(=O)c1ccc(Cl)cc1. The third-order valence-corrected chi connectivity index (χ3v) is 4.04. The van der Waals surface area contributed by atoms with Crippen molar-refractivity contribution in [3.63, 3.8) is 0 Å². The molecule has 0 aliphatic rings. The Morgan fingerprint density at radius 3 is 2.42 bits per heavy atom. The topological polar surface area (TPSA) is 17.1 Å². The summed E-state index contributed by atoms with van der Waals surface area (Å²) in [6, 6.07) is 13.2. The molecule has 0 saturated carbocycles. The number of Topliss-reactive ketones (excluding diaryl/α,β-unsaturated/α-hetero) is 1. The lowest BCUT2D eigenvalue weighted by atomic mass is 10.1. The number of ketones is 1. The van der Waals surface area contributed by atoms with Crippen LogP contribution in [0.15, 0.2) is 53.4 Å². The van der Waals surface area contributed by atoms with Crippen molar-refractivity contribution in [3.8, 4) is 0 Å². The van der Waals surface area contributed by atoms with Gasteiger partial charge in [0.05, 0.1) is 5.25 Å². The fourth-order valence-corrected chi connectivity index (χ4v) is 2.72. The molecule has 0 fully saturated rings. The minimum absolute atomic E-state index is 0.0371. The molecule has 0 aromatic heterocycles. The zero-order valence-corrected chi connectivity index (χ0v) is 11.8. The molecule has 98 valence electrons. The molecule has 0 saturated heterocycles. The van der Waals surface area contributed by atoms with Crippen LogP contribution in [0.2, 0.25) is 5.02 Å². The Morgan fingerprint density at radius 1 is 1.16 bits per heavy atom. The van der Waals surface area contributed by atoms with Gasteiger partial charge in [-0.1, -0.05) is 23.7 Å². The van der Waals surface area contributed by atoms with E-state index in [9.17, 15) is 9.18 Å². The van der Waals surface area contributed by atoms with Crippen molar-refractivity contribution in [2.24, 2.45) is 0 Å². The number of rotatable bonds is 4. The van der Waals surface area contributed by atoms with Gasteiger partial charge in [-0.2, -0.15) is 0 Å². The Kier molecular flexibility index (Phi) is 4.61. The lowest BCUT2D eigenvalue weighted by molar-refractivity contribution is 0.0994. The van der Waals surface area contributed by atoms with E-state index < -0.39 is 0 Å². The molecule has 2 aromatic carbocycles. The van der Waals surface area contributed by atoms with E-state index in [2.05, 4.69) is 0 Å². The lowest BCUT2D eigenvalue weighted by Gasteiger charge is -2.11. The van der Waals surface area contributed by atoms with E-state index in [1.165, 1.54) is 17.8 Å². The molecule has 0 amide bonds. The Morgan fingerprint density at radius 2 is 1.79 bits per heavy atom. The average molecular weight is 295 g/mol. The van der Waals surface area contributed by atoms with Crippen LogP contribution in [0, 0.1) is 5.82 Å². The van der Waals surface area contributed by atoms with Crippen LogP contribution in [0.25, 0.3) is 0 Å². The van der Waals surface area contributed by atoms with E-state index >= 15 is 0 Å². The normalized spacial score (nSPS) is 12.2. The summed E-state index contributed by atoms with van der Waals surface area (Å²) in [5.74, 6) is -0.340. The second-order valence-electron chi connectivity index (χ2n) is 4.06. The van der Waals surface area contributed by atoms with Gasteiger partial charge >= 0.3 is 0 Å². The summed E-state index contributed by atoms with van der Waals surface area (Å²) in [4.78, 5) is 12.7. The molecule has 0 bridgehead atoms. The quantitative estimate of drug-likeness (QED) is 0.593. The monoisotopic (exact) mass is 294 g/mol. The van der Waals surface area contributed by atoms with Gasteiger partial charge < -0.3 is 0 Å². The van der Waals surface area contributed by atoms with E-state index in [-0.39, 0.29) is 16.9 Å². The Balaban J connectivity index is 2.12. The molecule has 0 aliphatic carbocycles. The van der Waals surface area contributed by atoms with Gasteiger partial charge in [-0.15, -0.1) is 11.8 Å². The number of hydrogen-bond acceptors (Lipinski definition) is 2. The zero-order valence-electron chi connectivity index (χ0n) is 10.3. The summed E-state index contributed by atoms with van der Waals surface area (Å²) >= 11 is 7.00. The summed E-state index contributed by atoms with van der Waals surface area (Å²) in [7, 11) is 0. The molecule has 1 atom stereocenters. The van der Waals surface area contributed by atoms with Crippen LogP contribution in [0.3, 0.4) is 0 Å². The van der Waals surface area contributed by atoms with Crippen molar-refractivity contribution >= 4 is 29.1 Å². The van der Waals surface area contributed by atoms with E-state index in [4.69, 9.17) is 11.6 Å². The van der Waals surface area contributed by atoms with Crippen molar-refractivity contribution in [1.82, 2.24) is 0 Å². The molecule has 0 unspecified atom stereocenters. The maximum absolute atomic E-state index is 13.5. The minimum Gasteiger partial charge on any atom is -0.293 e. The Labute approximate surface area is 120 Å². The first-order valence-electron chi connectivity index (χ1n) is 5.79. The molecule has 0 heterocycles. The number of halogens is 2. The van der Waals surface area contributed by atoms with Crippen LogP contribution in [0.5, 0.6) is 0 Å². The van der Waals surface area contributed by atoms with Gasteiger partial charge in [0.1, 0.15) is 5.82 Å². The number of thioether (sulfide) groups is 1. The predicted molar refractivity (Wildman–Crippen MR) is 77.5 cm³/mol. The van der Waals surface area contributed by atoms with E-state index in [1.807, 2.05) is 0 Å². The van der Waals surface area contributed by atoms with E-state index in [1.54, 1.807) is 49.4 Å². The standard InChI is InChI=1S/C15H12ClFOS/c1-10(19-14-5-3-2-4-13(14)17)15(18)11-6-8-12(16)9-7-11/h2-10H,1H3/t10-/m0/s1. The highest BCUT2D eigenvalue weighted by molar-refractivity contribution is 8.00. The van der Waals surface area contributed by atoms with Gasteiger partial charge in [0, 0.05) is 15.5 Å². The van der Waals surface area contributed by atoms with Gasteiger partial charge in [-0.05, 0) is 43.3 Å². The first-order valence-corrected chi connectivity index (χ1v) is 7.04. The second kappa shape index (κ2) is 6.22. The van der Waals surface area contributed by atoms with Crippen LogP contribution in [0.1, 0.15) is 17.3 Å². The van der Waals surface area contributed by atoms with Crippen LogP contribution >= 0.6 is 23.4 Å². The first-order chi connectivity index (χ1) is 9.08. The van der Waals surface area contributed by atoms with Gasteiger partial charge in [0.15, 0.2) is 5.78 Å². The molecule has 2 rings (SSSR count). The van der Waals surface area contributed by atoms with Crippen molar-refractivity contribution in [1.29, 1.82) is 0 Å².